The highest BCUT2D eigenvalue weighted by atomic mass is 35.5. The van der Waals surface area contributed by atoms with Crippen LogP contribution >= 0.6 is 11.6 Å². The van der Waals surface area contributed by atoms with Gasteiger partial charge in [-0.15, -0.1) is 0 Å². The van der Waals surface area contributed by atoms with Gasteiger partial charge in [0.1, 0.15) is 0 Å². The van der Waals surface area contributed by atoms with E-state index in [0.717, 1.165) is 6.08 Å². The molecule has 2 aromatic rings. The second kappa shape index (κ2) is 8.65. The number of carbonyl (C=O) groups is 1. The van der Waals surface area contributed by atoms with Gasteiger partial charge in [0.15, 0.2) is 11.5 Å². The van der Waals surface area contributed by atoms with Crippen LogP contribution in [0.2, 0.25) is 5.02 Å². The Balaban J connectivity index is 2.16. The van der Waals surface area contributed by atoms with Gasteiger partial charge in [0.05, 0.1) is 28.2 Å². The molecule has 0 spiro atoms. The summed E-state index contributed by atoms with van der Waals surface area (Å²) in [5, 5.41) is 19.7. The molecule has 0 aromatic heterocycles. The monoisotopic (exact) mass is 372 g/mol. The first kappa shape index (κ1) is 19.0. The van der Waals surface area contributed by atoms with Crippen molar-refractivity contribution in [2.45, 2.75) is 6.92 Å². The van der Waals surface area contributed by atoms with Gasteiger partial charge in [-0.2, -0.15) is 5.26 Å². The molecule has 0 aliphatic rings. The van der Waals surface area contributed by atoms with Crippen molar-refractivity contribution >= 4 is 29.3 Å². The lowest BCUT2D eigenvalue weighted by atomic mass is 10.2. The van der Waals surface area contributed by atoms with E-state index in [-0.39, 0.29) is 27.8 Å². The summed E-state index contributed by atoms with van der Waals surface area (Å²) in [5.41, 5.74) is 0.818. The molecule has 0 heterocycles. The average Bonchev–Trinajstić information content (AvgIpc) is 2.63. The Hall–Kier alpha value is -3.37. The van der Waals surface area contributed by atoms with Crippen molar-refractivity contribution < 1.29 is 19.2 Å². The minimum Gasteiger partial charge on any atom is -0.490 e. The molecule has 132 valence electrons. The number of carbonyl (C=O) groups excluding carboxylic acids is 1. The summed E-state index contributed by atoms with van der Waals surface area (Å²) in [6.07, 6.45) is 2.61. The van der Waals surface area contributed by atoms with Crippen molar-refractivity contribution in [1.82, 2.24) is 0 Å². The number of esters is 1. The van der Waals surface area contributed by atoms with Gasteiger partial charge in [-0.3, -0.25) is 10.1 Å². The molecule has 0 N–H and O–H groups in total. The van der Waals surface area contributed by atoms with Crippen LogP contribution in [0.4, 0.5) is 5.69 Å². The van der Waals surface area contributed by atoms with Crippen LogP contribution < -0.4 is 9.47 Å². The van der Waals surface area contributed by atoms with E-state index in [4.69, 9.17) is 26.3 Å². The molecular weight excluding hydrogens is 360 g/mol. The maximum absolute atomic E-state index is 12.0. The van der Waals surface area contributed by atoms with Crippen LogP contribution in [-0.2, 0) is 4.79 Å². The molecule has 0 atom stereocenters. The van der Waals surface area contributed by atoms with E-state index in [1.165, 1.54) is 42.5 Å². The molecule has 2 aromatic carbocycles. The average molecular weight is 373 g/mol. The minimum absolute atomic E-state index is 0.0193. The molecule has 0 unspecified atom stereocenters. The van der Waals surface area contributed by atoms with Crippen LogP contribution in [0.3, 0.4) is 0 Å². The summed E-state index contributed by atoms with van der Waals surface area (Å²) in [6.45, 7) is 2.04. The Morgan fingerprint density at radius 3 is 2.62 bits per heavy atom. The third-order valence-corrected chi connectivity index (χ3v) is 3.44. The number of ether oxygens (including phenoxy) is 2. The Morgan fingerprint density at radius 2 is 2.04 bits per heavy atom. The number of hydrogen-bond acceptors (Lipinski definition) is 6. The topological polar surface area (TPSA) is 102 Å². The molecule has 0 saturated carbocycles. The molecule has 0 bridgehead atoms. The number of rotatable bonds is 6. The third-order valence-electron chi connectivity index (χ3n) is 3.16. The van der Waals surface area contributed by atoms with E-state index < -0.39 is 10.9 Å². The summed E-state index contributed by atoms with van der Waals surface area (Å²) in [6, 6.07) is 10.4. The smallest absolute Gasteiger partial charge is 0.336 e. The largest absolute Gasteiger partial charge is 0.490 e. The maximum Gasteiger partial charge on any atom is 0.336 e. The Morgan fingerprint density at radius 1 is 1.35 bits per heavy atom. The number of halogens is 1. The normalized spacial score (nSPS) is 10.3. The maximum atomic E-state index is 12.0. The van der Waals surface area contributed by atoms with E-state index >= 15 is 0 Å². The van der Waals surface area contributed by atoms with E-state index in [2.05, 4.69) is 0 Å². The molecule has 0 fully saturated rings. The lowest BCUT2D eigenvalue weighted by molar-refractivity contribution is -0.384. The van der Waals surface area contributed by atoms with E-state index in [0.29, 0.717) is 12.2 Å². The van der Waals surface area contributed by atoms with Crippen molar-refractivity contribution in [2.24, 2.45) is 0 Å². The number of nitriles is 1. The summed E-state index contributed by atoms with van der Waals surface area (Å²) in [4.78, 5) is 22.1. The molecule has 0 radical (unpaired) electrons. The lowest BCUT2D eigenvalue weighted by Gasteiger charge is -2.11. The second-order valence-corrected chi connectivity index (χ2v) is 5.34. The number of hydrogen-bond donors (Lipinski definition) is 0. The van der Waals surface area contributed by atoms with Crippen molar-refractivity contribution in [3.63, 3.8) is 0 Å². The second-order valence-electron chi connectivity index (χ2n) is 4.93. The molecule has 8 heteroatoms. The predicted molar refractivity (Wildman–Crippen MR) is 95.1 cm³/mol. The highest BCUT2D eigenvalue weighted by Gasteiger charge is 2.15. The first-order valence-electron chi connectivity index (χ1n) is 7.45. The van der Waals surface area contributed by atoms with Crippen molar-refractivity contribution in [1.29, 1.82) is 5.26 Å². The molecule has 26 heavy (non-hydrogen) atoms. The van der Waals surface area contributed by atoms with Crippen LogP contribution in [0, 0.1) is 21.4 Å². The molecule has 0 aliphatic heterocycles. The van der Waals surface area contributed by atoms with Crippen LogP contribution in [0.5, 0.6) is 11.5 Å². The lowest BCUT2D eigenvalue weighted by Crippen LogP contribution is -2.06. The Labute approximate surface area is 154 Å². The number of benzene rings is 2. The van der Waals surface area contributed by atoms with Gasteiger partial charge in [0.25, 0.3) is 5.69 Å². The SMILES string of the molecule is CCOc1cc(C#N)cc(Cl)c1OC(=O)/C=C/c1ccc([N+](=O)[O-])cc1. The van der Waals surface area contributed by atoms with Gasteiger partial charge >= 0.3 is 5.97 Å². The molecule has 0 aliphatic carbocycles. The van der Waals surface area contributed by atoms with Gasteiger partial charge in [-0.1, -0.05) is 11.6 Å². The number of nitro groups is 1. The summed E-state index contributed by atoms with van der Waals surface area (Å²) in [7, 11) is 0. The fourth-order valence-corrected chi connectivity index (χ4v) is 2.25. The summed E-state index contributed by atoms with van der Waals surface area (Å²) >= 11 is 6.06. The molecule has 0 amide bonds. The van der Waals surface area contributed by atoms with Gasteiger partial charge in [0, 0.05) is 24.3 Å². The first-order valence-corrected chi connectivity index (χ1v) is 7.83. The molecular formula is C18H13ClN2O5. The summed E-state index contributed by atoms with van der Waals surface area (Å²) in [5.74, 6) is -0.504. The standard InChI is InChI=1S/C18H13ClN2O5/c1-2-25-16-10-13(11-20)9-15(19)18(16)26-17(22)8-5-12-3-6-14(7-4-12)21(23)24/h3-10H,2H2,1H3/b8-5+. The van der Waals surface area contributed by atoms with E-state index in [9.17, 15) is 14.9 Å². The van der Waals surface area contributed by atoms with Crippen molar-refractivity contribution in [3.8, 4) is 17.6 Å². The van der Waals surface area contributed by atoms with Gasteiger partial charge < -0.3 is 9.47 Å². The summed E-state index contributed by atoms with van der Waals surface area (Å²) < 4.78 is 10.6. The number of nitrogens with zero attached hydrogens (tertiary/aromatic N) is 2. The third kappa shape index (κ3) is 4.82. The van der Waals surface area contributed by atoms with E-state index in [1.54, 1.807) is 6.92 Å². The van der Waals surface area contributed by atoms with Crippen molar-refractivity contribution in [3.05, 3.63) is 68.7 Å². The van der Waals surface area contributed by atoms with Crippen LogP contribution in [0.25, 0.3) is 6.08 Å². The van der Waals surface area contributed by atoms with Gasteiger partial charge in [-0.25, -0.2) is 4.79 Å². The fourth-order valence-electron chi connectivity index (χ4n) is 2.00. The minimum atomic E-state index is -0.712. The van der Waals surface area contributed by atoms with Crippen molar-refractivity contribution in [2.75, 3.05) is 6.61 Å². The van der Waals surface area contributed by atoms with Crippen LogP contribution in [0.1, 0.15) is 18.1 Å². The highest BCUT2D eigenvalue weighted by molar-refractivity contribution is 6.32. The zero-order valence-corrected chi connectivity index (χ0v) is 14.4. The molecule has 0 saturated heterocycles. The predicted octanol–water partition coefficient (Wildman–Crippen LogP) is 4.14. The van der Waals surface area contributed by atoms with Gasteiger partial charge in [-0.05, 0) is 36.8 Å². The van der Waals surface area contributed by atoms with Gasteiger partial charge in [0.2, 0.25) is 0 Å². The first-order chi connectivity index (χ1) is 12.4. The Bertz CT molecular complexity index is 901. The molecule has 2 rings (SSSR count). The molecule has 7 nitrogen and oxygen atoms in total. The fraction of sp³-hybridized carbons (Fsp3) is 0.111. The zero-order chi connectivity index (χ0) is 19.1. The highest BCUT2D eigenvalue weighted by Crippen LogP contribution is 2.36. The van der Waals surface area contributed by atoms with E-state index in [1.807, 2.05) is 6.07 Å². The zero-order valence-electron chi connectivity index (χ0n) is 13.6. The number of nitro benzene ring substituents is 1. The van der Waals surface area contributed by atoms with Crippen LogP contribution in [0.15, 0.2) is 42.5 Å². The quantitative estimate of drug-likeness (QED) is 0.248. The van der Waals surface area contributed by atoms with Crippen LogP contribution in [-0.4, -0.2) is 17.5 Å². The Kier molecular flexibility index (Phi) is 6.31. The number of non-ortho nitro benzene ring substituents is 1.